The molecule has 0 saturated carbocycles. The van der Waals surface area contributed by atoms with Crippen molar-refractivity contribution in [1.29, 1.82) is 0 Å². The molecule has 100 valence electrons. The average Bonchev–Trinajstić information content (AvgIpc) is 2.61. The molecule has 1 fully saturated rings. The number of hydrogen-bond donors (Lipinski definition) is 0. The third-order valence-electron chi connectivity index (χ3n) is 3.33. The SMILES string of the molecule is Cc1cc(S(=O)(=O)N2CCCCCC2)ccc1F. The van der Waals surface area contributed by atoms with Gasteiger partial charge in [-0.3, -0.25) is 0 Å². The summed E-state index contributed by atoms with van der Waals surface area (Å²) in [6.07, 6.45) is 3.96. The van der Waals surface area contributed by atoms with Crippen molar-refractivity contribution in [3.63, 3.8) is 0 Å². The maximum Gasteiger partial charge on any atom is 0.243 e. The van der Waals surface area contributed by atoms with E-state index in [9.17, 15) is 12.8 Å². The van der Waals surface area contributed by atoms with E-state index in [2.05, 4.69) is 0 Å². The van der Waals surface area contributed by atoms with E-state index in [-0.39, 0.29) is 10.7 Å². The molecule has 1 saturated heterocycles. The number of aryl methyl sites for hydroxylation is 1. The van der Waals surface area contributed by atoms with Gasteiger partial charge < -0.3 is 0 Å². The summed E-state index contributed by atoms with van der Waals surface area (Å²) in [7, 11) is -3.46. The lowest BCUT2D eigenvalue weighted by Crippen LogP contribution is -2.32. The predicted octanol–water partition coefficient (Wildman–Crippen LogP) is 2.70. The van der Waals surface area contributed by atoms with Crippen molar-refractivity contribution in [3.05, 3.63) is 29.6 Å². The Kier molecular flexibility index (Phi) is 4.02. The molecule has 1 aliphatic heterocycles. The van der Waals surface area contributed by atoms with E-state index in [1.54, 1.807) is 6.92 Å². The smallest absolute Gasteiger partial charge is 0.207 e. The van der Waals surface area contributed by atoms with Crippen LogP contribution in [0.5, 0.6) is 0 Å². The molecule has 0 radical (unpaired) electrons. The van der Waals surface area contributed by atoms with Gasteiger partial charge in [0.1, 0.15) is 5.82 Å². The minimum absolute atomic E-state index is 0.198. The van der Waals surface area contributed by atoms with E-state index < -0.39 is 10.0 Å². The van der Waals surface area contributed by atoms with Gasteiger partial charge in [0.05, 0.1) is 4.90 Å². The molecule has 0 amide bonds. The standard InChI is InChI=1S/C13H18FNO2S/c1-11-10-12(6-7-13(11)14)18(16,17)15-8-4-2-3-5-9-15/h6-7,10H,2-5,8-9H2,1H3. The predicted molar refractivity (Wildman–Crippen MR) is 68.4 cm³/mol. The molecule has 0 spiro atoms. The van der Waals surface area contributed by atoms with Gasteiger partial charge in [0.2, 0.25) is 10.0 Å². The second-order valence-corrected chi connectivity index (χ2v) is 6.67. The van der Waals surface area contributed by atoms with Crippen LogP contribution in [0.2, 0.25) is 0 Å². The zero-order chi connectivity index (χ0) is 13.2. The molecule has 0 unspecified atom stereocenters. The molecule has 2 rings (SSSR count). The average molecular weight is 271 g/mol. The second-order valence-electron chi connectivity index (χ2n) is 4.73. The lowest BCUT2D eigenvalue weighted by Gasteiger charge is -2.20. The highest BCUT2D eigenvalue weighted by Gasteiger charge is 2.25. The van der Waals surface area contributed by atoms with Crippen molar-refractivity contribution in [3.8, 4) is 0 Å². The molecule has 0 N–H and O–H groups in total. The van der Waals surface area contributed by atoms with Gasteiger partial charge in [-0.05, 0) is 43.5 Å². The van der Waals surface area contributed by atoms with Crippen LogP contribution < -0.4 is 0 Å². The van der Waals surface area contributed by atoms with Crippen LogP contribution in [-0.4, -0.2) is 25.8 Å². The second kappa shape index (κ2) is 5.36. The van der Waals surface area contributed by atoms with Gasteiger partial charge in [-0.1, -0.05) is 12.8 Å². The fourth-order valence-electron chi connectivity index (χ4n) is 2.21. The number of sulfonamides is 1. The van der Waals surface area contributed by atoms with E-state index in [1.165, 1.54) is 22.5 Å². The van der Waals surface area contributed by atoms with Gasteiger partial charge in [0.25, 0.3) is 0 Å². The van der Waals surface area contributed by atoms with Gasteiger partial charge in [0, 0.05) is 13.1 Å². The Balaban J connectivity index is 2.31. The van der Waals surface area contributed by atoms with Crippen LogP contribution in [0.3, 0.4) is 0 Å². The van der Waals surface area contributed by atoms with Crippen molar-refractivity contribution >= 4 is 10.0 Å². The van der Waals surface area contributed by atoms with E-state index in [0.29, 0.717) is 18.7 Å². The monoisotopic (exact) mass is 271 g/mol. The summed E-state index contributed by atoms with van der Waals surface area (Å²) in [5.41, 5.74) is 0.367. The van der Waals surface area contributed by atoms with Crippen molar-refractivity contribution in [1.82, 2.24) is 4.31 Å². The normalized spacial score (nSPS) is 18.6. The minimum atomic E-state index is -3.46. The van der Waals surface area contributed by atoms with Crippen molar-refractivity contribution in [2.45, 2.75) is 37.5 Å². The highest BCUT2D eigenvalue weighted by atomic mass is 32.2. The summed E-state index contributed by atoms with van der Waals surface area (Å²) in [4.78, 5) is 0.198. The largest absolute Gasteiger partial charge is 0.243 e. The van der Waals surface area contributed by atoms with Gasteiger partial charge in [0.15, 0.2) is 0 Å². The Morgan fingerprint density at radius 3 is 2.28 bits per heavy atom. The molecule has 0 bridgehead atoms. The molecule has 1 aliphatic rings. The van der Waals surface area contributed by atoms with Crippen LogP contribution in [0.15, 0.2) is 23.1 Å². The summed E-state index contributed by atoms with van der Waals surface area (Å²) < 4.78 is 39.5. The summed E-state index contributed by atoms with van der Waals surface area (Å²) >= 11 is 0. The summed E-state index contributed by atoms with van der Waals surface area (Å²) in [5, 5.41) is 0. The number of nitrogens with zero attached hydrogens (tertiary/aromatic N) is 1. The Hall–Kier alpha value is -0.940. The van der Waals surface area contributed by atoms with Gasteiger partial charge in [-0.15, -0.1) is 0 Å². The number of benzene rings is 1. The van der Waals surface area contributed by atoms with E-state index in [1.807, 2.05) is 0 Å². The Bertz CT molecular complexity index is 520. The van der Waals surface area contributed by atoms with Crippen LogP contribution in [0.1, 0.15) is 31.2 Å². The van der Waals surface area contributed by atoms with Crippen molar-refractivity contribution < 1.29 is 12.8 Å². The summed E-state index contributed by atoms with van der Waals surface area (Å²) in [6, 6.07) is 3.98. The molecule has 18 heavy (non-hydrogen) atoms. The topological polar surface area (TPSA) is 37.4 Å². The quantitative estimate of drug-likeness (QED) is 0.829. The maximum atomic E-state index is 13.2. The third-order valence-corrected chi connectivity index (χ3v) is 5.23. The third kappa shape index (κ3) is 2.72. The van der Waals surface area contributed by atoms with E-state index in [0.717, 1.165) is 25.7 Å². The molecule has 3 nitrogen and oxygen atoms in total. The fourth-order valence-corrected chi connectivity index (χ4v) is 3.81. The summed E-state index contributed by atoms with van der Waals surface area (Å²) in [5.74, 6) is -0.371. The molecule has 0 atom stereocenters. The molecular formula is C13H18FNO2S. The van der Waals surface area contributed by atoms with Crippen molar-refractivity contribution in [2.24, 2.45) is 0 Å². The molecule has 5 heteroatoms. The van der Waals surface area contributed by atoms with Crippen LogP contribution >= 0.6 is 0 Å². The van der Waals surface area contributed by atoms with Gasteiger partial charge in [-0.25, -0.2) is 12.8 Å². The maximum absolute atomic E-state index is 13.2. The first kappa shape index (κ1) is 13.5. The van der Waals surface area contributed by atoms with Gasteiger partial charge >= 0.3 is 0 Å². The molecule has 1 aromatic carbocycles. The van der Waals surface area contributed by atoms with Crippen LogP contribution in [-0.2, 0) is 10.0 Å². The zero-order valence-corrected chi connectivity index (χ0v) is 11.3. The first-order valence-corrected chi connectivity index (χ1v) is 7.72. The molecule has 0 aromatic heterocycles. The number of rotatable bonds is 2. The highest BCUT2D eigenvalue weighted by Crippen LogP contribution is 2.21. The highest BCUT2D eigenvalue weighted by molar-refractivity contribution is 7.89. The molecule has 1 heterocycles. The first-order chi connectivity index (χ1) is 8.51. The zero-order valence-electron chi connectivity index (χ0n) is 10.5. The molecular weight excluding hydrogens is 253 g/mol. The number of hydrogen-bond acceptors (Lipinski definition) is 2. The summed E-state index contributed by atoms with van der Waals surface area (Å²) in [6.45, 7) is 2.72. The van der Waals surface area contributed by atoms with E-state index in [4.69, 9.17) is 0 Å². The van der Waals surface area contributed by atoms with Gasteiger partial charge in [-0.2, -0.15) is 4.31 Å². The lowest BCUT2D eigenvalue weighted by atomic mass is 10.2. The molecule has 1 aromatic rings. The minimum Gasteiger partial charge on any atom is -0.207 e. The Morgan fingerprint density at radius 2 is 1.72 bits per heavy atom. The van der Waals surface area contributed by atoms with E-state index >= 15 is 0 Å². The molecule has 0 aliphatic carbocycles. The van der Waals surface area contributed by atoms with Crippen LogP contribution in [0.4, 0.5) is 4.39 Å². The van der Waals surface area contributed by atoms with Crippen LogP contribution in [0.25, 0.3) is 0 Å². The number of halogens is 1. The van der Waals surface area contributed by atoms with Crippen LogP contribution in [0, 0.1) is 12.7 Å². The Morgan fingerprint density at radius 1 is 1.11 bits per heavy atom. The first-order valence-electron chi connectivity index (χ1n) is 6.28. The Labute approximate surface area is 108 Å². The fraction of sp³-hybridized carbons (Fsp3) is 0.538. The van der Waals surface area contributed by atoms with Crippen molar-refractivity contribution in [2.75, 3.05) is 13.1 Å². The lowest BCUT2D eigenvalue weighted by molar-refractivity contribution is 0.423.